The molecule has 0 saturated carbocycles. The summed E-state index contributed by atoms with van der Waals surface area (Å²) in [7, 11) is 0. The number of ether oxygens (including phenoxy) is 1. The topological polar surface area (TPSA) is 72.8 Å². The smallest absolute Gasteiger partial charge is 0.282 e. The molecule has 0 aliphatic carbocycles. The van der Waals surface area contributed by atoms with Crippen molar-refractivity contribution in [2.24, 2.45) is 0 Å². The van der Waals surface area contributed by atoms with Gasteiger partial charge in [-0.25, -0.2) is 9.97 Å². The molecule has 2 aromatic heterocycles. The summed E-state index contributed by atoms with van der Waals surface area (Å²) in [6, 6.07) is 0. The van der Waals surface area contributed by atoms with Crippen molar-refractivity contribution in [3.63, 3.8) is 0 Å². The Hall–Kier alpha value is -1.60. The van der Waals surface area contributed by atoms with Crippen molar-refractivity contribution in [3.8, 4) is 0 Å². The first kappa shape index (κ1) is 13.8. The van der Waals surface area contributed by atoms with E-state index in [0.717, 1.165) is 6.42 Å². The zero-order chi connectivity index (χ0) is 13.8. The molecule has 0 spiro atoms. The van der Waals surface area contributed by atoms with Crippen molar-refractivity contribution >= 4 is 23.4 Å². The van der Waals surface area contributed by atoms with E-state index in [1.54, 1.807) is 0 Å². The van der Waals surface area contributed by atoms with Gasteiger partial charge in [0.1, 0.15) is 0 Å². The highest BCUT2D eigenvalue weighted by atomic mass is 32.1. The van der Waals surface area contributed by atoms with Crippen molar-refractivity contribution in [2.45, 2.75) is 32.9 Å². The van der Waals surface area contributed by atoms with Crippen LogP contribution in [0.5, 0.6) is 0 Å². The summed E-state index contributed by atoms with van der Waals surface area (Å²) >= 11 is 5.17. The quantitative estimate of drug-likeness (QED) is 0.666. The summed E-state index contributed by atoms with van der Waals surface area (Å²) in [5.74, 6) is 0. The fraction of sp³-hybridized carbons (Fsp3) is 0.500. The van der Waals surface area contributed by atoms with Crippen LogP contribution in [0.4, 0.5) is 0 Å². The van der Waals surface area contributed by atoms with E-state index < -0.39 is 0 Å². The molecule has 0 saturated heterocycles. The Morgan fingerprint density at radius 3 is 2.89 bits per heavy atom. The van der Waals surface area contributed by atoms with Crippen LogP contribution >= 0.6 is 12.2 Å². The predicted octanol–water partition coefficient (Wildman–Crippen LogP) is 1.66. The van der Waals surface area contributed by atoms with Crippen LogP contribution in [0, 0.1) is 4.77 Å². The Morgan fingerprint density at radius 2 is 2.16 bits per heavy atom. The number of hydrogen-bond acceptors (Lipinski definition) is 5. The SMILES string of the molecule is CC(C)OCCCn1c(=S)[nH]c2nccnc2c1=O. The van der Waals surface area contributed by atoms with E-state index in [0.29, 0.717) is 29.1 Å². The molecule has 0 radical (unpaired) electrons. The molecule has 2 aromatic rings. The summed E-state index contributed by atoms with van der Waals surface area (Å²) in [6.07, 6.45) is 3.93. The molecule has 0 unspecified atom stereocenters. The van der Waals surface area contributed by atoms with Gasteiger partial charge in [-0.3, -0.25) is 9.36 Å². The molecule has 0 aliphatic rings. The minimum Gasteiger partial charge on any atom is -0.379 e. The van der Waals surface area contributed by atoms with E-state index in [9.17, 15) is 4.79 Å². The van der Waals surface area contributed by atoms with Crippen molar-refractivity contribution in [1.29, 1.82) is 0 Å². The van der Waals surface area contributed by atoms with Gasteiger partial charge < -0.3 is 9.72 Å². The Balaban J connectivity index is 2.24. The molecule has 0 aromatic carbocycles. The second kappa shape index (κ2) is 6.03. The lowest BCUT2D eigenvalue weighted by Gasteiger charge is -2.09. The van der Waals surface area contributed by atoms with Crippen LogP contribution in [0.25, 0.3) is 11.2 Å². The van der Waals surface area contributed by atoms with Crippen LogP contribution < -0.4 is 5.56 Å². The normalized spacial score (nSPS) is 11.3. The number of nitrogens with zero attached hydrogens (tertiary/aromatic N) is 3. The molecule has 0 bridgehead atoms. The molecule has 0 atom stereocenters. The third-order valence-electron chi connectivity index (χ3n) is 2.59. The zero-order valence-corrected chi connectivity index (χ0v) is 11.7. The van der Waals surface area contributed by atoms with Gasteiger partial charge in [-0.1, -0.05) is 0 Å². The Kier molecular flexibility index (Phi) is 4.39. The maximum atomic E-state index is 12.2. The van der Waals surface area contributed by atoms with Crippen molar-refractivity contribution in [3.05, 3.63) is 27.5 Å². The van der Waals surface area contributed by atoms with Gasteiger partial charge in [0.25, 0.3) is 5.56 Å². The maximum Gasteiger partial charge on any atom is 0.282 e. The van der Waals surface area contributed by atoms with E-state index in [1.165, 1.54) is 17.0 Å². The summed E-state index contributed by atoms with van der Waals surface area (Å²) in [6.45, 7) is 5.05. The molecular formula is C12H16N4O2S. The average molecular weight is 280 g/mol. The van der Waals surface area contributed by atoms with Gasteiger partial charge in [0.2, 0.25) is 0 Å². The van der Waals surface area contributed by atoms with E-state index in [4.69, 9.17) is 17.0 Å². The fourth-order valence-electron chi connectivity index (χ4n) is 1.72. The highest BCUT2D eigenvalue weighted by Gasteiger charge is 2.07. The fourth-order valence-corrected chi connectivity index (χ4v) is 1.99. The van der Waals surface area contributed by atoms with Gasteiger partial charge in [-0.2, -0.15) is 0 Å². The standard InChI is InChI=1S/C12H16N4O2S/c1-8(2)18-7-3-6-16-11(17)9-10(15-12(16)19)14-5-4-13-9/h4-5,8H,3,6-7H2,1-2H3,(H,14,15,19). The lowest BCUT2D eigenvalue weighted by atomic mass is 10.4. The monoisotopic (exact) mass is 280 g/mol. The molecular weight excluding hydrogens is 264 g/mol. The van der Waals surface area contributed by atoms with Crippen molar-refractivity contribution in [1.82, 2.24) is 19.5 Å². The molecule has 7 heteroatoms. The molecule has 2 rings (SSSR count). The van der Waals surface area contributed by atoms with Gasteiger partial charge in [0, 0.05) is 25.5 Å². The lowest BCUT2D eigenvalue weighted by Crippen LogP contribution is -2.24. The molecule has 0 aliphatic heterocycles. The van der Waals surface area contributed by atoms with E-state index >= 15 is 0 Å². The minimum atomic E-state index is -0.212. The van der Waals surface area contributed by atoms with Crippen LogP contribution in [0.3, 0.4) is 0 Å². The summed E-state index contributed by atoms with van der Waals surface area (Å²) in [5, 5.41) is 0. The number of fused-ring (bicyclic) bond motifs is 1. The largest absolute Gasteiger partial charge is 0.379 e. The number of aromatic nitrogens is 4. The Labute approximate surface area is 115 Å². The van der Waals surface area contributed by atoms with Crippen LogP contribution in [0.1, 0.15) is 20.3 Å². The second-order valence-electron chi connectivity index (χ2n) is 4.41. The molecule has 19 heavy (non-hydrogen) atoms. The zero-order valence-electron chi connectivity index (χ0n) is 10.9. The molecule has 1 N–H and O–H groups in total. The van der Waals surface area contributed by atoms with Gasteiger partial charge >= 0.3 is 0 Å². The van der Waals surface area contributed by atoms with Crippen LogP contribution in [-0.4, -0.2) is 32.2 Å². The van der Waals surface area contributed by atoms with Crippen LogP contribution in [0.2, 0.25) is 0 Å². The average Bonchev–Trinajstić information content (AvgIpc) is 2.37. The highest BCUT2D eigenvalue weighted by molar-refractivity contribution is 7.71. The molecule has 0 fully saturated rings. The number of nitrogens with one attached hydrogen (secondary N) is 1. The number of hydrogen-bond donors (Lipinski definition) is 1. The van der Waals surface area contributed by atoms with Gasteiger partial charge in [0.15, 0.2) is 15.9 Å². The number of aromatic amines is 1. The summed E-state index contributed by atoms with van der Waals surface area (Å²) in [4.78, 5) is 23.2. The van der Waals surface area contributed by atoms with Crippen molar-refractivity contribution in [2.75, 3.05) is 6.61 Å². The van der Waals surface area contributed by atoms with E-state index in [1.807, 2.05) is 13.8 Å². The Bertz CT molecular complexity index is 677. The van der Waals surface area contributed by atoms with Crippen LogP contribution in [-0.2, 0) is 11.3 Å². The first-order valence-corrected chi connectivity index (χ1v) is 6.56. The van der Waals surface area contributed by atoms with E-state index in [2.05, 4.69) is 15.0 Å². The first-order chi connectivity index (χ1) is 9.09. The summed E-state index contributed by atoms with van der Waals surface area (Å²) < 4.78 is 7.30. The van der Waals surface area contributed by atoms with Crippen LogP contribution in [0.15, 0.2) is 17.2 Å². The molecule has 0 amide bonds. The first-order valence-electron chi connectivity index (χ1n) is 6.15. The molecule has 102 valence electrons. The lowest BCUT2D eigenvalue weighted by molar-refractivity contribution is 0.0746. The second-order valence-corrected chi connectivity index (χ2v) is 4.80. The summed E-state index contributed by atoms with van der Waals surface area (Å²) in [5.41, 5.74) is 0.518. The molecule has 2 heterocycles. The van der Waals surface area contributed by atoms with E-state index in [-0.39, 0.29) is 11.7 Å². The minimum absolute atomic E-state index is 0.189. The van der Waals surface area contributed by atoms with Crippen molar-refractivity contribution < 1.29 is 4.74 Å². The van der Waals surface area contributed by atoms with Gasteiger partial charge in [0.05, 0.1) is 6.10 Å². The predicted molar refractivity (Wildman–Crippen MR) is 74.7 cm³/mol. The third-order valence-corrected chi connectivity index (χ3v) is 2.92. The highest BCUT2D eigenvalue weighted by Crippen LogP contribution is 2.00. The third kappa shape index (κ3) is 3.24. The number of H-pyrrole nitrogens is 1. The maximum absolute atomic E-state index is 12.2. The Morgan fingerprint density at radius 1 is 1.42 bits per heavy atom. The molecule has 6 nitrogen and oxygen atoms in total. The van der Waals surface area contributed by atoms with Gasteiger partial charge in [-0.05, 0) is 32.5 Å². The number of rotatable bonds is 5. The van der Waals surface area contributed by atoms with Gasteiger partial charge in [-0.15, -0.1) is 0 Å².